The summed E-state index contributed by atoms with van der Waals surface area (Å²) in [4.78, 5) is 11.6. The SMILES string of the molecule is CCN1/C(=C/C=C2\CCC(/C=C/C3N(CC)c4ccc(C)cc4C3(C)C)=C2O[n+]2ccccc2)C(C)(C)c2cc(C)ccc21. The highest BCUT2D eigenvalue weighted by Gasteiger charge is 2.43. The van der Waals surface area contributed by atoms with E-state index in [1.165, 1.54) is 50.5 Å². The minimum Gasteiger partial charge on any atom is -0.364 e. The predicted octanol–water partition coefficient (Wildman–Crippen LogP) is 8.44. The smallest absolute Gasteiger partial charge is 0.223 e. The second kappa shape index (κ2) is 11.5. The van der Waals surface area contributed by atoms with Crippen molar-refractivity contribution in [1.82, 2.24) is 0 Å². The minimum absolute atomic E-state index is 0.0103. The van der Waals surface area contributed by atoms with Gasteiger partial charge < -0.3 is 9.80 Å². The number of hydrogen-bond acceptors (Lipinski definition) is 3. The first-order valence-corrected chi connectivity index (χ1v) is 16.3. The number of pyridine rings is 1. The van der Waals surface area contributed by atoms with Crippen LogP contribution in [0.5, 0.6) is 0 Å². The molecule has 0 radical (unpaired) electrons. The third kappa shape index (κ3) is 5.08. The maximum atomic E-state index is 6.62. The van der Waals surface area contributed by atoms with Gasteiger partial charge in [0.1, 0.15) is 0 Å². The number of anilines is 2. The van der Waals surface area contributed by atoms with E-state index in [2.05, 4.69) is 126 Å². The molecule has 3 heterocycles. The van der Waals surface area contributed by atoms with Gasteiger partial charge in [0.2, 0.25) is 18.2 Å². The molecule has 228 valence electrons. The second-order valence-corrected chi connectivity index (χ2v) is 13.6. The van der Waals surface area contributed by atoms with Crippen LogP contribution in [-0.2, 0) is 10.8 Å². The number of hydrogen-bond donors (Lipinski definition) is 0. The van der Waals surface area contributed by atoms with Crippen molar-refractivity contribution < 1.29 is 9.57 Å². The van der Waals surface area contributed by atoms with E-state index < -0.39 is 0 Å². The molecule has 0 fully saturated rings. The summed E-state index contributed by atoms with van der Waals surface area (Å²) in [5.41, 5.74) is 11.9. The van der Waals surface area contributed by atoms with Crippen molar-refractivity contribution in [3.8, 4) is 0 Å². The Morgan fingerprint density at radius 1 is 0.841 bits per heavy atom. The van der Waals surface area contributed by atoms with Crippen molar-refractivity contribution in [3.63, 3.8) is 0 Å². The fourth-order valence-electron chi connectivity index (χ4n) is 7.53. The van der Waals surface area contributed by atoms with E-state index in [4.69, 9.17) is 4.84 Å². The molecule has 1 aromatic heterocycles. The fraction of sp³-hybridized carbons (Fsp3) is 0.375. The molecule has 0 bridgehead atoms. The quantitative estimate of drug-likeness (QED) is 0.259. The molecule has 4 nitrogen and oxygen atoms in total. The van der Waals surface area contributed by atoms with Crippen LogP contribution in [-0.4, -0.2) is 19.1 Å². The van der Waals surface area contributed by atoms with Gasteiger partial charge in [-0.3, -0.25) is 0 Å². The Morgan fingerprint density at radius 2 is 1.52 bits per heavy atom. The summed E-state index contributed by atoms with van der Waals surface area (Å²) < 4.78 is 1.82. The Labute approximate surface area is 264 Å². The van der Waals surface area contributed by atoms with Crippen LogP contribution >= 0.6 is 0 Å². The zero-order valence-electron chi connectivity index (χ0n) is 27.8. The number of fused-ring (bicyclic) bond motifs is 2. The molecule has 2 aromatic carbocycles. The largest absolute Gasteiger partial charge is 0.364 e. The van der Waals surface area contributed by atoms with Gasteiger partial charge in [0.15, 0.2) is 0 Å². The standard InChI is InChI=1S/C40H48N3O/c1-9-42-34-20-14-28(3)26-32(34)39(5,6)36(42)22-18-30-16-17-31(38(30)44-41-24-12-11-13-25-41)19-23-37-40(7,8)33-27-29(4)15-21-35(33)43(37)10-2/h11-15,18-27,36H,9-10,16-17H2,1-8H3/q+1/b22-18+,31-19+,37-23+. The number of nitrogens with zero attached hydrogens (tertiary/aromatic N) is 3. The van der Waals surface area contributed by atoms with Gasteiger partial charge in [0, 0.05) is 69.0 Å². The lowest BCUT2D eigenvalue weighted by atomic mass is 9.79. The molecule has 1 unspecified atom stereocenters. The Morgan fingerprint density at radius 3 is 2.20 bits per heavy atom. The van der Waals surface area contributed by atoms with Crippen molar-refractivity contribution in [2.75, 3.05) is 22.9 Å². The van der Waals surface area contributed by atoms with Crippen LogP contribution in [0.4, 0.5) is 11.4 Å². The van der Waals surface area contributed by atoms with Crippen molar-refractivity contribution in [3.05, 3.63) is 136 Å². The van der Waals surface area contributed by atoms with Crippen molar-refractivity contribution in [2.24, 2.45) is 0 Å². The molecule has 44 heavy (non-hydrogen) atoms. The maximum Gasteiger partial charge on any atom is 0.223 e. The first-order valence-electron chi connectivity index (χ1n) is 16.3. The number of rotatable bonds is 7. The van der Waals surface area contributed by atoms with Gasteiger partial charge >= 0.3 is 0 Å². The third-order valence-corrected chi connectivity index (χ3v) is 9.99. The van der Waals surface area contributed by atoms with Gasteiger partial charge in [-0.05, 0) is 69.9 Å². The normalized spacial score (nSPS) is 22.0. The molecule has 0 saturated carbocycles. The van der Waals surface area contributed by atoms with E-state index in [0.717, 1.165) is 31.7 Å². The van der Waals surface area contributed by atoms with Crippen LogP contribution < -0.4 is 19.4 Å². The molecule has 0 amide bonds. The molecule has 0 N–H and O–H groups in total. The fourth-order valence-corrected chi connectivity index (χ4v) is 7.53. The van der Waals surface area contributed by atoms with Crippen LogP contribution in [0.15, 0.2) is 114 Å². The van der Waals surface area contributed by atoms with Crippen molar-refractivity contribution in [2.45, 2.75) is 85.1 Å². The molecule has 6 rings (SSSR count). The lowest BCUT2D eigenvalue weighted by Crippen LogP contribution is -2.41. The summed E-state index contributed by atoms with van der Waals surface area (Å²) in [6.07, 6.45) is 15.3. The Hall–Kier alpha value is -4.05. The van der Waals surface area contributed by atoms with E-state index in [1.807, 2.05) is 35.3 Å². The first kappa shape index (κ1) is 30.0. The first-order chi connectivity index (χ1) is 21.1. The molecular formula is C40H48N3O+. The molecule has 3 aliphatic rings. The zero-order chi connectivity index (χ0) is 31.2. The molecule has 4 heteroatoms. The Balaban J connectivity index is 1.38. The molecule has 0 saturated heterocycles. The number of likely N-dealkylation sites (N-methyl/N-ethyl adjacent to an activating group) is 2. The summed E-state index contributed by atoms with van der Waals surface area (Å²) in [5.74, 6) is 0.966. The third-order valence-electron chi connectivity index (χ3n) is 9.99. The van der Waals surface area contributed by atoms with Gasteiger partial charge in [0.05, 0.1) is 6.04 Å². The Bertz CT molecular complexity index is 1690. The van der Waals surface area contributed by atoms with E-state index in [0.29, 0.717) is 0 Å². The van der Waals surface area contributed by atoms with Gasteiger partial charge in [-0.15, -0.1) is 0 Å². The second-order valence-electron chi connectivity index (χ2n) is 13.6. The van der Waals surface area contributed by atoms with Crippen LogP contribution in [0.2, 0.25) is 0 Å². The van der Waals surface area contributed by atoms with Crippen molar-refractivity contribution in [1.29, 1.82) is 0 Å². The van der Waals surface area contributed by atoms with Gasteiger partial charge in [-0.1, -0.05) is 87.4 Å². The average Bonchev–Trinajstić information content (AvgIpc) is 3.55. The summed E-state index contributed by atoms with van der Waals surface area (Å²) in [5, 5.41) is 0. The van der Waals surface area contributed by atoms with E-state index in [9.17, 15) is 0 Å². The highest BCUT2D eigenvalue weighted by Crippen LogP contribution is 2.49. The van der Waals surface area contributed by atoms with E-state index >= 15 is 0 Å². The zero-order valence-corrected chi connectivity index (χ0v) is 27.8. The van der Waals surface area contributed by atoms with Gasteiger partial charge in [-0.25, -0.2) is 4.84 Å². The van der Waals surface area contributed by atoms with Crippen LogP contribution in [0.25, 0.3) is 0 Å². The summed E-state index contributed by atoms with van der Waals surface area (Å²) >= 11 is 0. The summed E-state index contributed by atoms with van der Waals surface area (Å²) in [6, 6.07) is 20.1. The molecule has 2 aliphatic heterocycles. The topological polar surface area (TPSA) is 19.6 Å². The number of aromatic nitrogens is 1. The van der Waals surface area contributed by atoms with E-state index in [1.54, 1.807) is 0 Å². The number of aryl methyl sites for hydroxylation is 2. The number of benzene rings is 2. The van der Waals surface area contributed by atoms with Crippen LogP contribution in [0.1, 0.15) is 76.6 Å². The van der Waals surface area contributed by atoms with Gasteiger partial charge in [-0.2, -0.15) is 0 Å². The Kier molecular flexibility index (Phi) is 7.82. The number of allylic oxidation sites excluding steroid dienone is 6. The predicted molar refractivity (Wildman–Crippen MR) is 183 cm³/mol. The average molecular weight is 587 g/mol. The lowest BCUT2D eigenvalue weighted by molar-refractivity contribution is -0.879. The molecule has 0 spiro atoms. The monoisotopic (exact) mass is 586 g/mol. The van der Waals surface area contributed by atoms with Crippen molar-refractivity contribution >= 4 is 11.4 Å². The lowest BCUT2D eigenvalue weighted by Gasteiger charge is -2.31. The van der Waals surface area contributed by atoms with Crippen LogP contribution in [0, 0.1) is 13.8 Å². The minimum atomic E-state index is -0.0697. The molecule has 1 atom stereocenters. The maximum absolute atomic E-state index is 6.62. The molecule has 3 aromatic rings. The highest BCUT2D eigenvalue weighted by molar-refractivity contribution is 5.71. The molecule has 1 aliphatic carbocycles. The molecular weight excluding hydrogens is 538 g/mol. The summed E-state index contributed by atoms with van der Waals surface area (Å²) in [7, 11) is 0. The van der Waals surface area contributed by atoms with Gasteiger partial charge in [0.25, 0.3) is 0 Å². The summed E-state index contributed by atoms with van der Waals surface area (Å²) in [6.45, 7) is 20.3. The van der Waals surface area contributed by atoms with E-state index in [-0.39, 0.29) is 16.9 Å². The van der Waals surface area contributed by atoms with Crippen LogP contribution in [0.3, 0.4) is 0 Å². The highest BCUT2D eigenvalue weighted by atomic mass is 16.7.